The molecular formula is C63H106N2Ni. The van der Waals surface area contributed by atoms with E-state index in [-0.39, 0.29) is 16.5 Å². The van der Waals surface area contributed by atoms with Crippen LogP contribution in [-0.2, 0) is 42.2 Å². The monoisotopic (exact) mass is 949 g/mol. The molecule has 66 heavy (non-hydrogen) atoms. The molecule has 0 atom stereocenters. The Morgan fingerprint density at radius 1 is 0.364 bits per heavy atom. The molecule has 0 aliphatic rings. The van der Waals surface area contributed by atoms with Gasteiger partial charge < -0.3 is 0 Å². The minimum absolute atomic E-state index is 0. The Balaban J connectivity index is 0.0000218. The van der Waals surface area contributed by atoms with Crippen LogP contribution in [0.1, 0.15) is 301 Å². The molecule has 0 fully saturated rings. The zero-order chi connectivity index (χ0) is 46.5. The molecule has 378 valence electrons. The largest absolute Gasteiger partial charge is 0.254 e. The van der Waals surface area contributed by atoms with Crippen LogP contribution in [0.2, 0.25) is 0 Å². The minimum atomic E-state index is 0. The van der Waals surface area contributed by atoms with Gasteiger partial charge in [0.25, 0.3) is 0 Å². The van der Waals surface area contributed by atoms with E-state index in [1.807, 2.05) is 6.21 Å². The molecule has 0 radical (unpaired) electrons. The minimum Gasteiger partial charge on any atom is -0.254 e. The van der Waals surface area contributed by atoms with Crippen molar-refractivity contribution in [2.75, 3.05) is 0 Å². The third-order valence-electron chi connectivity index (χ3n) is 13.8. The molecule has 0 N–H and O–H groups in total. The van der Waals surface area contributed by atoms with E-state index in [0.717, 1.165) is 36.3 Å². The standard InChI is InChI=1S/C63H106N2.Ni/c1-6-11-16-17-18-19-20-21-22-23-24-25-26-27-28-29-30-31-32-33-34-35-36-37-38-39-44-49-63(65-62-53-51-58(46-41-13-8-3)60(55-62)48-43-15-10-5)56-64-61-52-50-57(45-40-12-7-2)59(54-61)47-42-14-9-4;/h50-56H,6-43,45-48H2,1-5H3;/b64-56+,65-63+;. The molecule has 0 bridgehead atoms. The fraction of sp³-hybridized carbons (Fsp3) is 0.746. The number of aryl methyl sites for hydroxylation is 4. The predicted octanol–water partition coefficient (Wildman–Crippen LogP) is 21.3. The van der Waals surface area contributed by atoms with E-state index in [1.165, 1.54) is 273 Å². The molecule has 2 nitrogen and oxygen atoms in total. The van der Waals surface area contributed by atoms with Crippen molar-refractivity contribution < 1.29 is 16.5 Å². The molecule has 2 aromatic rings. The molecule has 0 heterocycles. The fourth-order valence-electron chi connectivity index (χ4n) is 9.46. The Labute approximate surface area is 422 Å². The van der Waals surface area contributed by atoms with Gasteiger partial charge in [0.15, 0.2) is 0 Å². The van der Waals surface area contributed by atoms with E-state index < -0.39 is 0 Å². The van der Waals surface area contributed by atoms with E-state index in [9.17, 15) is 0 Å². The number of hydrogen-bond donors (Lipinski definition) is 0. The summed E-state index contributed by atoms with van der Waals surface area (Å²) in [6, 6.07) is 13.8. The quantitative estimate of drug-likeness (QED) is 0.0274. The second-order valence-corrected chi connectivity index (χ2v) is 20.0. The van der Waals surface area contributed by atoms with Crippen LogP contribution in [-0.4, -0.2) is 11.9 Å². The SMILES string of the molecule is CCCCCCCCCCCCCCCCCCCCCCCCCCCC#CC(/C=N/c1ccc(CCCCC)c(CCCCC)c1)=N\c1ccc(CCCCC)c(CCCCC)c1.[Ni]. The molecule has 2 aromatic carbocycles. The van der Waals surface area contributed by atoms with Crippen LogP contribution in [0.25, 0.3) is 0 Å². The molecule has 0 aliphatic carbocycles. The van der Waals surface area contributed by atoms with Crippen molar-refractivity contribution in [3.05, 3.63) is 58.7 Å². The van der Waals surface area contributed by atoms with Gasteiger partial charge in [0, 0.05) is 22.9 Å². The summed E-state index contributed by atoms with van der Waals surface area (Å²) in [6.45, 7) is 11.5. The summed E-state index contributed by atoms with van der Waals surface area (Å²) in [5.41, 5.74) is 8.80. The van der Waals surface area contributed by atoms with E-state index in [0.29, 0.717) is 0 Å². The van der Waals surface area contributed by atoms with Crippen molar-refractivity contribution in [1.82, 2.24) is 0 Å². The maximum absolute atomic E-state index is 5.18. The maximum Gasteiger partial charge on any atom is 0.132 e. The molecule has 2 rings (SSSR count). The Bertz CT molecular complexity index is 1510. The first-order valence-corrected chi connectivity index (χ1v) is 29.0. The van der Waals surface area contributed by atoms with Crippen LogP contribution in [0.3, 0.4) is 0 Å². The van der Waals surface area contributed by atoms with Gasteiger partial charge in [0.2, 0.25) is 0 Å². The van der Waals surface area contributed by atoms with Gasteiger partial charge in [-0.15, -0.1) is 0 Å². The van der Waals surface area contributed by atoms with E-state index in [4.69, 9.17) is 9.98 Å². The number of aliphatic imine (C=N–C) groups is 2. The molecule has 0 unspecified atom stereocenters. The number of nitrogens with zero attached hydrogens (tertiary/aromatic N) is 2. The van der Waals surface area contributed by atoms with E-state index in [2.05, 4.69) is 82.9 Å². The summed E-state index contributed by atoms with van der Waals surface area (Å²) in [5, 5.41) is 0. The summed E-state index contributed by atoms with van der Waals surface area (Å²) in [4.78, 5) is 10.2. The topological polar surface area (TPSA) is 24.7 Å². The fourth-order valence-corrected chi connectivity index (χ4v) is 9.46. The van der Waals surface area contributed by atoms with E-state index in [1.54, 1.807) is 0 Å². The van der Waals surface area contributed by atoms with Crippen molar-refractivity contribution in [3.8, 4) is 11.8 Å². The van der Waals surface area contributed by atoms with Crippen molar-refractivity contribution in [2.45, 2.75) is 304 Å². The van der Waals surface area contributed by atoms with Gasteiger partial charge in [0.1, 0.15) is 5.71 Å². The molecule has 0 spiro atoms. The van der Waals surface area contributed by atoms with Crippen molar-refractivity contribution in [1.29, 1.82) is 0 Å². The smallest absolute Gasteiger partial charge is 0.132 e. The summed E-state index contributed by atoms with van der Waals surface area (Å²) in [5.74, 6) is 7.01. The summed E-state index contributed by atoms with van der Waals surface area (Å²) >= 11 is 0. The number of rotatable bonds is 44. The van der Waals surface area contributed by atoms with Crippen LogP contribution >= 0.6 is 0 Å². The molecule has 0 amide bonds. The Morgan fingerprint density at radius 2 is 0.667 bits per heavy atom. The Morgan fingerprint density at radius 3 is 1.05 bits per heavy atom. The number of benzene rings is 2. The van der Waals surface area contributed by atoms with Gasteiger partial charge in [-0.05, 0) is 110 Å². The third kappa shape index (κ3) is 34.2. The summed E-state index contributed by atoms with van der Waals surface area (Å²) < 4.78 is 0. The second-order valence-electron chi connectivity index (χ2n) is 20.0. The van der Waals surface area contributed by atoms with Crippen LogP contribution in [0.15, 0.2) is 46.4 Å². The first-order valence-electron chi connectivity index (χ1n) is 29.0. The predicted molar refractivity (Wildman–Crippen MR) is 295 cm³/mol. The average molecular weight is 950 g/mol. The molecule has 0 aliphatic heterocycles. The summed E-state index contributed by atoms with van der Waals surface area (Å²) in [7, 11) is 0. The molecular weight excluding hydrogens is 843 g/mol. The first-order chi connectivity index (χ1) is 32.1. The van der Waals surface area contributed by atoms with Crippen molar-refractivity contribution in [3.63, 3.8) is 0 Å². The van der Waals surface area contributed by atoms with Gasteiger partial charge >= 0.3 is 0 Å². The van der Waals surface area contributed by atoms with Crippen LogP contribution in [0, 0.1) is 11.8 Å². The first kappa shape index (κ1) is 61.8. The molecule has 0 aromatic heterocycles. The molecule has 3 heteroatoms. The molecule has 0 saturated carbocycles. The van der Waals surface area contributed by atoms with Gasteiger partial charge in [-0.3, -0.25) is 4.99 Å². The van der Waals surface area contributed by atoms with Gasteiger partial charge in [-0.2, -0.15) is 0 Å². The van der Waals surface area contributed by atoms with Crippen LogP contribution < -0.4 is 0 Å². The Hall–Kier alpha value is -2.17. The van der Waals surface area contributed by atoms with Gasteiger partial charge in [0.05, 0.1) is 17.6 Å². The number of hydrogen-bond acceptors (Lipinski definition) is 2. The zero-order valence-corrected chi connectivity index (χ0v) is 45.4. The normalized spacial score (nSPS) is 11.6. The number of unbranched alkanes of at least 4 members (excludes halogenated alkanes) is 33. The van der Waals surface area contributed by atoms with Crippen molar-refractivity contribution in [2.24, 2.45) is 9.98 Å². The summed E-state index contributed by atoms with van der Waals surface area (Å²) in [6.07, 6.45) is 58.3. The van der Waals surface area contributed by atoms with Crippen LogP contribution in [0.5, 0.6) is 0 Å². The third-order valence-corrected chi connectivity index (χ3v) is 13.8. The second kappa shape index (κ2) is 46.6. The maximum atomic E-state index is 5.18. The van der Waals surface area contributed by atoms with E-state index >= 15 is 0 Å². The van der Waals surface area contributed by atoms with Gasteiger partial charge in [-0.25, -0.2) is 4.99 Å². The van der Waals surface area contributed by atoms with Gasteiger partial charge in [-0.1, -0.05) is 258 Å². The van der Waals surface area contributed by atoms with Crippen LogP contribution in [0.4, 0.5) is 11.4 Å². The Kier molecular flexibility index (Phi) is 43.6. The average Bonchev–Trinajstić information content (AvgIpc) is 3.31. The molecule has 0 saturated heterocycles. The zero-order valence-electron chi connectivity index (χ0n) is 44.5. The van der Waals surface area contributed by atoms with Crippen molar-refractivity contribution >= 4 is 23.3 Å².